The van der Waals surface area contributed by atoms with E-state index in [0.29, 0.717) is 23.9 Å². The molecule has 0 spiro atoms. The summed E-state index contributed by atoms with van der Waals surface area (Å²) in [7, 11) is 0. The molecule has 4 heteroatoms. The molecule has 3 N–H and O–H groups in total. The van der Waals surface area contributed by atoms with Crippen molar-refractivity contribution in [2.24, 2.45) is 0 Å². The average Bonchev–Trinajstić information content (AvgIpc) is 2.70. The molecule has 4 nitrogen and oxygen atoms in total. The van der Waals surface area contributed by atoms with Gasteiger partial charge >= 0.3 is 5.97 Å². The van der Waals surface area contributed by atoms with Gasteiger partial charge in [-0.25, -0.2) is 4.79 Å². The second-order valence-corrected chi connectivity index (χ2v) is 5.32. The Morgan fingerprint density at radius 2 is 2.00 bits per heavy atom. The van der Waals surface area contributed by atoms with Gasteiger partial charge in [0.05, 0.1) is 23.5 Å². The summed E-state index contributed by atoms with van der Waals surface area (Å²) in [5.41, 5.74) is 7.90. The van der Waals surface area contributed by atoms with E-state index in [1.165, 1.54) is 38.5 Å². The fourth-order valence-corrected chi connectivity index (χ4v) is 2.72. The Labute approximate surface area is 120 Å². The lowest BCUT2D eigenvalue weighted by Crippen LogP contribution is -2.20. The number of esters is 1. The van der Waals surface area contributed by atoms with E-state index in [1.54, 1.807) is 13.0 Å². The van der Waals surface area contributed by atoms with Crippen LogP contribution >= 0.6 is 0 Å². The highest BCUT2D eigenvalue weighted by Crippen LogP contribution is 2.27. The molecule has 110 valence electrons. The predicted molar refractivity (Wildman–Crippen MR) is 81.9 cm³/mol. The highest BCUT2D eigenvalue weighted by Gasteiger charge is 2.17. The number of rotatable bonds is 4. The van der Waals surface area contributed by atoms with Gasteiger partial charge in [0.15, 0.2) is 0 Å². The van der Waals surface area contributed by atoms with Crippen LogP contribution in [-0.2, 0) is 4.74 Å². The van der Waals surface area contributed by atoms with Crippen molar-refractivity contribution in [3.05, 3.63) is 23.8 Å². The number of nitrogen functional groups attached to an aromatic ring is 1. The summed E-state index contributed by atoms with van der Waals surface area (Å²) in [5.74, 6) is -0.352. The van der Waals surface area contributed by atoms with Crippen LogP contribution < -0.4 is 11.1 Å². The molecule has 1 aromatic rings. The maximum absolute atomic E-state index is 11.8. The zero-order chi connectivity index (χ0) is 14.4. The minimum absolute atomic E-state index is 0.352. The van der Waals surface area contributed by atoms with Gasteiger partial charge in [-0.05, 0) is 31.9 Å². The van der Waals surface area contributed by atoms with Crippen molar-refractivity contribution in [3.8, 4) is 0 Å². The van der Waals surface area contributed by atoms with E-state index in [9.17, 15) is 4.79 Å². The molecule has 1 aliphatic carbocycles. The maximum Gasteiger partial charge on any atom is 0.340 e. The number of nitrogens with one attached hydrogen (secondary N) is 1. The standard InChI is InChI=1S/C16H24N2O2/c1-2-20-16(19)13-10-7-11-14(15(13)17)18-12-8-5-3-4-6-9-12/h7,10-12,18H,2-6,8-9,17H2,1H3. The van der Waals surface area contributed by atoms with Gasteiger partial charge in [-0.2, -0.15) is 0 Å². The molecule has 0 aliphatic heterocycles. The van der Waals surface area contributed by atoms with E-state index in [1.807, 2.05) is 12.1 Å². The minimum atomic E-state index is -0.352. The lowest BCUT2D eigenvalue weighted by Gasteiger charge is -2.20. The SMILES string of the molecule is CCOC(=O)c1cccc(NC2CCCCCC2)c1N. The number of benzene rings is 1. The van der Waals surface area contributed by atoms with Crippen molar-refractivity contribution in [2.75, 3.05) is 17.7 Å². The number of ether oxygens (including phenoxy) is 1. The van der Waals surface area contributed by atoms with Gasteiger partial charge in [0.1, 0.15) is 0 Å². The molecule has 0 atom stereocenters. The largest absolute Gasteiger partial charge is 0.462 e. The molecule has 20 heavy (non-hydrogen) atoms. The first-order chi connectivity index (χ1) is 9.72. The Morgan fingerprint density at radius 3 is 2.65 bits per heavy atom. The number of hydrogen-bond donors (Lipinski definition) is 2. The van der Waals surface area contributed by atoms with Gasteiger partial charge in [-0.3, -0.25) is 0 Å². The van der Waals surface area contributed by atoms with Crippen molar-refractivity contribution in [1.29, 1.82) is 0 Å². The normalized spacial score (nSPS) is 16.4. The molecule has 1 fully saturated rings. The summed E-state index contributed by atoms with van der Waals surface area (Å²) < 4.78 is 5.03. The van der Waals surface area contributed by atoms with Gasteiger partial charge in [0.25, 0.3) is 0 Å². The van der Waals surface area contributed by atoms with Crippen LogP contribution in [0.1, 0.15) is 55.8 Å². The lowest BCUT2D eigenvalue weighted by atomic mass is 10.1. The Balaban J connectivity index is 2.11. The van der Waals surface area contributed by atoms with Gasteiger partial charge < -0.3 is 15.8 Å². The molecule has 0 radical (unpaired) electrons. The Kier molecular flexibility index (Phi) is 5.27. The van der Waals surface area contributed by atoms with Crippen molar-refractivity contribution in [2.45, 2.75) is 51.5 Å². The molecule has 2 rings (SSSR count). The first-order valence-electron chi connectivity index (χ1n) is 7.54. The minimum Gasteiger partial charge on any atom is -0.462 e. The number of carbonyl (C=O) groups is 1. The fraction of sp³-hybridized carbons (Fsp3) is 0.562. The smallest absolute Gasteiger partial charge is 0.340 e. The summed E-state index contributed by atoms with van der Waals surface area (Å²) in [6.07, 6.45) is 7.49. The predicted octanol–water partition coefficient (Wildman–Crippen LogP) is 3.58. The molecule has 0 heterocycles. The fourth-order valence-electron chi connectivity index (χ4n) is 2.72. The first kappa shape index (κ1) is 14.7. The highest BCUT2D eigenvalue weighted by molar-refractivity contribution is 5.98. The molecule has 0 unspecified atom stereocenters. The number of hydrogen-bond acceptors (Lipinski definition) is 4. The molecule has 1 saturated carbocycles. The highest BCUT2D eigenvalue weighted by atomic mass is 16.5. The number of anilines is 2. The van der Waals surface area contributed by atoms with E-state index in [-0.39, 0.29) is 5.97 Å². The van der Waals surface area contributed by atoms with Crippen molar-refractivity contribution in [3.63, 3.8) is 0 Å². The Morgan fingerprint density at radius 1 is 1.30 bits per heavy atom. The van der Waals surface area contributed by atoms with E-state index < -0.39 is 0 Å². The molecule has 0 bridgehead atoms. The van der Waals surface area contributed by atoms with Crippen LogP contribution in [0, 0.1) is 0 Å². The average molecular weight is 276 g/mol. The molecule has 0 saturated heterocycles. The van der Waals surface area contributed by atoms with Crippen LogP contribution in [0.5, 0.6) is 0 Å². The molecule has 0 aromatic heterocycles. The van der Waals surface area contributed by atoms with Crippen molar-refractivity contribution < 1.29 is 9.53 Å². The van der Waals surface area contributed by atoms with E-state index >= 15 is 0 Å². The van der Waals surface area contributed by atoms with Crippen LogP contribution in [-0.4, -0.2) is 18.6 Å². The van der Waals surface area contributed by atoms with E-state index in [2.05, 4.69) is 5.32 Å². The molecule has 1 aromatic carbocycles. The van der Waals surface area contributed by atoms with Gasteiger partial charge in [-0.15, -0.1) is 0 Å². The maximum atomic E-state index is 11.8. The molecular weight excluding hydrogens is 252 g/mol. The molecule has 0 amide bonds. The summed E-state index contributed by atoms with van der Waals surface area (Å²) >= 11 is 0. The number of carbonyl (C=O) groups excluding carboxylic acids is 1. The quantitative estimate of drug-likeness (QED) is 0.501. The van der Waals surface area contributed by atoms with Crippen LogP contribution in [0.25, 0.3) is 0 Å². The second-order valence-electron chi connectivity index (χ2n) is 5.32. The second kappa shape index (κ2) is 7.17. The Bertz CT molecular complexity index is 452. The van der Waals surface area contributed by atoms with Crippen molar-refractivity contribution >= 4 is 17.3 Å². The first-order valence-corrected chi connectivity index (χ1v) is 7.54. The van der Waals surface area contributed by atoms with Crippen molar-refractivity contribution in [1.82, 2.24) is 0 Å². The van der Waals surface area contributed by atoms with Gasteiger partial charge in [-0.1, -0.05) is 31.7 Å². The third-order valence-corrected chi connectivity index (χ3v) is 3.82. The summed E-state index contributed by atoms with van der Waals surface area (Å²) in [5, 5.41) is 3.49. The summed E-state index contributed by atoms with van der Waals surface area (Å²) in [6.45, 7) is 2.15. The molecular formula is C16H24N2O2. The zero-order valence-electron chi connectivity index (χ0n) is 12.2. The third kappa shape index (κ3) is 3.65. The monoisotopic (exact) mass is 276 g/mol. The number of para-hydroxylation sites is 1. The van der Waals surface area contributed by atoms with Gasteiger partial charge in [0, 0.05) is 6.04 Å². The van der Waals surface area contributed by atoms with Crippen LogP contribution in [0.3, 0.4) is 0 Å². The van der Waals surface area contributed by atoms with Crippen LogP contribution in [0.4, 0.5) is 11.4 Å². The summed E-state index contributed by atoms with van der Waals surface area (Å²) in [6, 6.07) is 5.95. The van der Waals surface area contributed by atoms with E-state index in [4.69, 9.17) is 10.5 Å². The Hall–Kier alpha value is -1.71. The number of nitrogens with two attached hydrogens (primary N) is 1. The van der Waals surface area contributed by atoms with Crippen LogP contribution in [0.15, 0.2) is 18.2 Å². The topological polar surface area (TPSA) is 64.3 Å². The van der Waals surface area contributed by atoms with E-state index in [0.717, 1.165) is 5.69 Å². The lowest BCUT2D eigenvalue weighted by molar-refractivity contribution is 0.0527. The zero-order valence-corrected chi connectivity index (χ0v) is 12.2. The van der Waals surface area contributed by atoms with Crippen LogP contribution in [0.2, 0.25) is 0 Å². The van der Waals surface area contributed by atoms with Gasteiger partial charge in [0.2, 0.25) is 0 Å². The summed E-state index contributed by atoms with van der Waals surface area (Å²) in [4.78, 5) is 11.8. The molecule has 1 aliphatic rings. The third-order valence-electron chi connectivity index (χ3n) is 3.82.